The Bertz CT molecular complexity index is 384. The molecule has 0 saturated heterocycles. The minimum absolute atomic E-state index is 0.0873. The molecule has 19 heavy (non-hydrogen) atoms. The zero-order valence-electron chi connectivity index (χ0n) is 9.66. The van der Waals surface area contributed by atoms with E-state index in [9.17, 15) is 23.3 Å². The number of rotatable bonds is 5. The second kappa shape index (κ2) is 6.33. The quantitative estimate of drug-likeness (QED) is 0.423. The van der Waals surface area contributed by atoms with Crippen LogP contribution in [0.5, 0.6) is 0 Å². The van der Waals surface area contributed by atoms with Crippen molar-refractivity contribution in [2.75, 3.05) is 20.3 Å². The van der Waals surface area contributed by atoms with Crippen molar-refractivity contribution < 1.29 is 32.4 Å². The van der Waals surface area contributed by atoms with E-state index in [0.717, 1.165) is 12.3 Å². The predicted octanol–water partition coefficient (Wildman–Crippen LogP) is 0.889. The molecule has 0 fully saturated rings. The summed E-state index contributed by atoms with van der Waals surface area (Å²) >= 11 is 0. The number of nitrogens with zero attached hydrogens (tertiary/aromatic N) is 3. The molecular formula is C8H10F3N3O5. The third kappa shape index (κ3) is 5.09. The Labute approximate surface area is 105 Å². The van der Waals surface area contributed by atoms with Crippen molar-refractivity contribution in [3.05, 3.63) is 22.4 Å². The van der Waals surface area contributed by atoms with Gasteiger partial charge in [0, 0.05) is 13.2 Å². The fraction of sp³-hybridized carbons (Fsp3) is 0.625. The van der Waals surface area contributed by atoms with E-state index >= 15 is 0 Å². The van der Waals surface area contributed by atoms with Crippen molar-refractivity contribution in [2.24, 2.45) is 4.99 Å². The van der Waals surface area contributed by atoms with E-state index in [4.69, 9.17) is 9.47 Å². The lowest BCUT2D eigenvalue weighted by Gasteiger charge is -2.20. The summed E-state index contributed by atoms with van der Waals surface area (Å²) < 4.78 is 48.0. The maximum Gasteiger partial charge on any atom is 0.522 e. The van der Waals surface area contributed by atoms with Crippen LogP contribution in [0.25, 0.3) is 0 Å². The largest absolute Gasteiger partial charge is 0.522 e. The number of methoxy groups -OCH3 is 1. The summed E-state index contributed by atoms with van der Waals surface area (Å²) in [5.74, 6) is -0.0873. The standard InChI is InChI=1S/C8H10F3N3O5/c1-17-7-12-6(2-3-13(7)14(15)16)18-4-5-19-8(9,10)11/h2-3,7H,4-5H2,1H3. The minimum Gasteiger partial charge on any atom is -0.475 e. The average molecular weight is 285 g/mol. The van der Waals surface area contributed by atoms with Crippen LogP contribution in [0.4, 0.5) is 13.2 Å². The number of ether oxygens (including phenoxy) is 3. The van der Waals surface area contributed by atoms with Crippen molar-refractivity contribution in [3.63, 3.8) is 0 Å². The molecule has 0 amide bonds. The lowest BCUT2D eigenvalue weighted by molar-refractivity contribution is -0.659. The summed E-state index contributed by atoms with van der Waals surface area (Å²) in [6.45, 7) is -1.12. The SMILES string of the molecule is COC1N=C(OCCOC(F)(F)F)C=CN1[N+](=O)[O-]. The van der Waals surface area contributed by atoms with Crippen LogP contribution in [-0.2, 0) is 14.2 Å². The van der Waals surface area contributed by atoms with E-state index in [1.54, 1.807) is 0 Å². The van der Waals surface area contributed by atoms with Gasteiger partial charge in [-0.25, -0.2) is 10.1 Å². The lowest BCUT2D eigenvalue weighted by Crippen LogP contribution is -2.38. The summed E-state index contributed by atoms with van der Waals surface area (Å²) in [4.78, 5) is 14.2. The Morgan fingerprint density at radius 2 is 2.21 bits per heavy atom. The van der Waals surface area contributed by atoms with Crippen LogP contribution in [0, 0.1) is 10.1 Å². The van der Waals surface area contributed by atoms with E-state index in [2.05, 4.69) is 9.73 Å². The van der Waals surface area contributed by atoms with E-state index in [-0.39, 0.29) is 5.90 Å². The molecule has 0 aromatic rings. The van der Waals surface area contributed by atoms with Gasteiger partial charge < -0.3 is 9.47 Å². The van der Waals surface area contributed by atoms with E-state index in [1.165, 1.54) is 7.11 Å². The van der Waals surface area contributed by atoms with Gasteiger partial charge in [-0.3, -0.25) is 4.74 Å². The van der Waals surface area contributed by atoms with Crippen LogP contribution >= 0.6 is 0 Å². The lowest BCUT2D eigenvalue weighted by atomic mass is 10.5. The normalized spacial score (nSPS) is 19.3. The number of hydrazine groups is 1. The molecule has 0 aromatic carbocycles. The van der Waals surface area contributed by atoms with Crippen molar-refractivity contribution in [2.45, 2.75) is 12.7 Å². The van der Waals surface area contributed by atoms with Gasteiger partial charge in [-0.15, -0.1) is 13.2 Å². The average Bonchev–Trinajstić information content (AvgIpc) is 2.33. The molecule has 8 nitrogen and oxygen atoms in total. The van der Waals surface area contributed by atoms with Crippen molar-refractivity contribution in [3.8, 4) is 0 Å². The Kier molecular flexibility index (Phi) is 5.06. The van der Waals surface area contributed by atoms with Crippen molar-refractivity contribution >= 4 is 5.90 Å². The molecule has 0 radical (unpaired) electrons. The summed E-state index contributed by atoms with van der Waals surface area (Å²) in [6, 6.07) is 0. The van der Waals surface area contributed by atoms with Crippen LogP contribution in [0.15, 0.2) is 17.3 Å². The second-order valence-corrected chi connectivity index (χ2v) is 3.11. The molecule has 108 valence electrons. The van der Waals surface area contributed by atoms with Gasteiger partial charge in [0.25, 0.3) is 6.35 Å². The first kappa shape index (κ1) is 15.2. The van der Waals surface area contributed by atoms with Gasteiger partial charge in [-0.05, 0) is 0 Å². The highest BCUT2D eigenvalue weighted by Gasteiger charge is 2.29. The Balaban J connectivity index is 2.44. The summed E-state index contributed by atoms with van der Waals surface area (Å²) in [6.07, 6.45) is -3.81. The highest BCUT2D eigenvalue weighted by atomic mass is 19.4. The fourth-order valence-corrected chi connectivity index (χ4v) is 1.11. The maximum atomic E-state index is 11.7. The third-order valence-electron chi connectivity index (χ3n) is 1.83. The zero-order valence-corrected chi connectivity index (χ0v) is 9.66. The van der Waals surface area contributed by atoms with Crippen LogP contribution in [0.2, 0.25) is 0 Å². The number of hydrogen-bond acceptors (Lipinski definition) is 6. The van der Waals surface area contributed by atoms with Gasteiger partial charge in [0.1, 0.15) is 6.61 Å². The summed E-state index contributed by atoms with van der Waals surface area (Å²) in [5.41, 5.74) is 0. The molecule has 0 aliphatic carbocycles. The number of halogens is 3. The maximum absolute atomic E-state index is 11.7. The Morgan fingerprint density at radius 1 is 1.53 bits per heavy atom. The number of aliphatic imine (C=N–C) groups is 1. The molecule has 1 aliphatic heterocycles. The first-order valence-electron chi connectivity index (χ1n) is 4.88. The first-order valence-corrected chi connectivity index (χ1v) is 4.88. The first-order chi connectivity index (χ1) is 8.83. The van der Waals surface area contributed by atoms with Gasteiger partial charge >= 0.3 is 6.36 Å². The minimum atomic E-state index is -4.73. The topological polar surface area (TPSA) is 86.4 Å². The number of alkyl halides is 3. The highest BCUT2D eigenvalue weighted by molar-refractivity contribution is 5.88. The van der Waals surface area contributed by atoms with Crippen LogP contribution in [0.1, 0.15) is 0 Å². The monoisotopic (exact) mass is 285 g/mol. The van der Waals surface area contributed by atoms with E-state index in [1.807, 2.05) is 0 Å². The molecular weight excluding hydrogens is 275 g/mol. The summed E-state index contributed by atoms with van der Waals surface area (Å²) in [5, 5.41) is 10.4. The molecule has 0 N–H and O–H groups in total. The number of nitro groups is 1. The molecule has 0 bridgehead atoms. The molecule has 11 heteroatoms. The number of hydrogen-bond donors (Lipinski definition) is 0. The molecule has 0 aromatic heterocycles. The molecule has 1 aliphatic rings. The molecule has 0 spiro atoms. The van der Waals surface area contributed by atoms with Crippen LogP contribution in [-0.4, -0.2) is 49.0 Å². The van der Waals surface area contributed by atoms with Crippen molar-refractivity contribution in [1.29, 1.82) is 0 Å². The third-order valence-corrected chi connectivity index (χ3v) is 1.83. The van der Waals surface area contributed by atoms with Crippen LogP contribution < -0.4 is 0 Å². The fourth-order valence-electron chi connectivity index (χ4n) is 1.11. The Morgan fingerprint density at radius 3 is 2.74 bits per heavy atom. The van der Waals surface area contributed by atoms with E-state index < -0.39 is 31.0 Å². The van der Waals surface area contributed by atoms with E-state index in [0.29, 0.717) is 5.01 Å². The second-order valence-electron chi connectivity index (χ2n) is 3.11. The van der Waals surface area contributed by atoms with Gasteiger partial charge in [0.05, 0.1) is 12.8 Å². The molecule has 1 rings (SSSR count). The highest BCUT2D eigenvalue weighted by Crippen LogP contribution is 2.15. The van der Waals surface area contributed by atoms with Gasteiger partial charge in [-0.1, -0.05) is 5.01 Å². The smallest absolute Gasteiger partial charge is 0.475 e. The molecule has 1 heterocycles. The summed E-state index contributed by atoms with van der Waals surface area (Å²) in [7, 11) is 1.19. The Hall–Kier alpha value is -1.88. The zero-order chi connectivity index (χ0) is 14.5. The predicted molar refractivity (Wildman–Crippen MR) is 54.2 cm³/mol. The van der Waals surface area contributed by atoms with Gasteiger partial charge in [0.15, 0.2) is 5.03 Å². The van der Waals surface area contributed by atoms with Crippen molar-refractivity contribution in [1.82, 2.24) is 5.01 Å². The molecule has 0 saturated carbocycles. The molecule has 1 unspecified atom stereocenters. The van der Waals surface area contributed by atoms with Gasteiger partial charge in [0.2, 0.25) is 5.90 Å². The molecule has 1 atom stereocenters. The van der Waals surface area contributed by atoms with Crippen LogP contribution in [0.3, 0.4) is 0 Å². The van der Waals surface area contributed by atoms with Gasteiger partial charge in [-0.2, -0.15) is 4.99 Å².